The van der Waals surface area contributed by atoms with Crippen molar-refractivity contribution in [3.8, 4) is 5.75 Å². The van der Waals surface area contributed by atoms with E-state index in [4.69, 9.17) is 27.9 Å². The highest BCUT2D eigenvalue weighted by molar-refractivity contribution is 6.42. The predicted molar refractivity (Wildman–Crippen MR) is 84.9 cm³/mol. The van der Waals surface area contributed by atoms with Crippen LogP contribution in [0.3, 0.4) is 0 Å². The van der Waals surface area contributed by atoms with Crippen molar-refractivity contribution in [1.82, 2.24) is 4.90 Å². The van der Waals surface area contributed by atoms with Crippen molar-refractivity contribution < 1.29 is 4.74 Å². The Morgan fingerprint density at radius 3 is 2.76 bits per heavy atom. The van der Waals surface area contributed by atoms with Crippen LogP contribution in [0.1, 0.15) is 30.0 Å². The zero-order valence-corrected chi connectivity index (χ0v) is 13.2. The lowest BCUT2D eigenvalue weighted by molar-refractivity contribution is -0.0792. The molecule has 2 nitrogen and oxygen atoms in total. The summed E-state index contributed by atoms with van der Waals surface area (Å²) in [6.07, 6.45) is 2.02. The molecule has 2 aromatic rings. The number of hydrogen-bond acceptors (Lipinski definition) is 2. The topological polar surface area (TPSA) is 12.5 Å². The van der Waals surface area contributed by atoms with E-state index in [0.717, 1.165) is 24.2 Å². The van der Waals surface area contributed by atoms with Crippen LogP contribution >= 0.6 is 23.2 Å². The molecule has 2 aliphatic rings. The van der Waals surface area contributed by atoms with Gasteiger partial charge in [-0.15, -0.1) is 0 Å². The van der Waals surface area contributed by atoms with Crippen molar-refractivity contribution in [2.75, 3.05) is 7.05 Å². The summed E-state index contributed by atoms with van der Waals surface area (Å²) < 4.78 is 6.43. The molecule has 2 aliphatic heterocycles. The van der Waals surface area contributed by atoms with Gasteiger partial charge in [-0.25, -0.2) is 0 Å². The average molecular weight is 320 g/mol. The first-order valence-electron chi connectivity index (χ1n) is 7.08. The summed E-state index contributed by atoms with van der Waals surface area (Å²) in [6, 6.07) is 14.5. The first-order chi connectivity index (χ1) is 10.1. The van der Waals surface area contributed by atoms with Crippen LogP contribution in [0, 0.1) is 0 Å². The summed E-state index contributed by atoms with van der Waals surface area (Å²) in [5.74, 6) is 0.976. The third kappa shape index (κ3) is 1.83. The summed E-state index contributed by atoms with van der Waals surface area (Å²) in [6.45, 7) is 0. The molecule has 2 heterocycles. The van der Waals surface area contributed by atoms with Crippen molar-refractivity contribution >= 4 is 23.2 Å². The summed E-state index contributed by atoms with van der Waals surface area (Å²) in [5.41, 5.74) is 1.90. The van der Waals surface area contributed by atoms with E-state index < -0.39 is 5.72 Å². The molecule has 2 bridgehead atoms. The molecule has 0 N–H and O–H groups in total. The summed E-state index contributed by atoms with van der Waals surface area (Å²) in [5, 5.41) is 1.15. The molecule has 1 fully saturated rings. The van der Waals surface area contributed by atoms with E-state index in [1.807, 2.05) is 30.3 Å². The van der Waals surface area contributed by atoms with Crippen LogP contribution in [0.25, 0.3) is 0 Å². The molecular weight excluding hydrogens is 305 g/mol. The van der Waals surface area contributed by atoms with Gasteiger partial charge >= 0.3 is 0 Å². The molecule has 108 valence electrons. The van der Waals surface area contributed by atoms with E-state index in [1.165, 1.54) is 5.56 Å². The maximum atomic E-state index is 6.43. The standard InChI is InChI=1S/C17H15Cl2NO/c1-20-15-8-9-17(20,11-6-7-13(18)14(19)10-11)21-16-5-3-2-4-12(15)16/h2-7,10,15H,8-9H2,1H3. The first-order valence-corrected chi connectivity index (χ1v) is 7.84. The van der Waals surface area contributed by atoms with Crippen LogP contribution in [0.2, 0.25) is 10.0 Å². The molecule has 0 spiro atoms. The van der Waals surface area contributed by atoms with Crippen molar-refractivity contribution in [2.24, 2.45) is 0 Å². The minimum atomic E-state index is -0.437. The predicted octanol–water partition coefficient (Wildman–Crippen LogP) is 5.01. The van der Waals surface area contributed by atoms with E-state index in [1.54, 1.807) is 0 Å². The van der Waals surface area contributed by atoms with Gasteiger partial charge in [0.1, 0.15) is 5.75 Å². The Morgan fingerprint density at radius 2 is 1.95 bits per heavy atom. The number of hydrogen-bond donors (Lipinski definition) is 0. The van der Waals surface area contributed by atoms with Crippen LogP contribution in [0.4, 0.5) is 0 Å². The van der Waals surface area contributed by atoms with Crippen molar-refractivity contribution in [1.29, 1.82) is 0 Å². The Balaban J connectivity index is 1.87. The first kappa shape index (κ1) is 13.4. The largest absolute Gasteiger partial charge is 0.468 e. The van der Waals surface area contributed by atoms with E-state index in [0.29, 0.717) is 16.1 Å². The van der Waals surface area contributed by atoms with Gasteiger partial charge < -0.3 is 4.74 Å². The molecule has 2 aromatic carbocycles. The van der Waals surface area contributed by atoms with Crippen LogP contribution in [-0.2, 0) is 5.72 Å². The van der Waals surface area contributed by atoms with E-state index in [2.05, 4.69) is 24.1 Å². The highest BCUT2D eigenvalue weighted by Crippen LogP contribution is 2.54. The van der Waals surface area contributed by atoms with E-state index in [-0.39, 0.29) is 0 Å². The fraction of sp³-hybridized carbons (Fsp3) is 0.294. The summed E-state index contributed by atoms with van der Waals surface area (Å²) in [7, 11) is 2.12. The number of nitrogens with zero attached hydrogens (tertiary/aromatic N) is 1. The molecular formula is C17H15Cl2NO. The zero-order valence-electron chi connectivity index (χ0n) is 11.6. The van der Waals surface area contributed by atoms with Crippen molar-refractivity contribution in [2.45, 2.75) is 24.6 Å². The Hall–Kier alpha value is -1.22. The van der Waals surface area contributed by atoms with Gasteiger partial charge in [-0.1, -0.05) is 47.5 Å². The SMILES string of the molecule is CN1C2CCC1(c1ccc(Cl)c(Cl)c1)Oc1ccccc12. The minimum Gasteiger partial charge on any atom is -0.468 e. The number of ether oxygens (including phenoxy) is 1. The fourth-order valence-electron chi connectivity index (χ4n) is 3.62. The lowest BCUT2D eigenvalue weighted by Gasteiger charge is -2.43. The fourth-order valence-corrected chi connectivity index (χ4v) is 3.92. The van der Waals surface area contributed by atoms with Gasteiger partial charge in [0.15, 0.2) is 5.72 Å². The van der Waals surface area contributed by atoms with E-state index >= 15 is 0 Å². The third-order valence-electron chi connectivity index (χ3n) is 4.72. The van der Waals surface area contributed by atoms with Crippen LogP contribution in [0.15, 0.2) is 42.5 Å². The van der Waals surface area contributed by atoms with Gasteiger partial charge in [0, 0.05) is 23.6 Å². The van der Waals surface area contributed by atoms with E-state index in [9.17, 15) is 0 Å². The van der Waals surface area contributed by atoms with Gasteiger partial charge in [0.25, 0.3) is 0 Å². The summed E-state index contributed by atoms with van der Waals surface area (Å²) in [4.78, 5) is 2.31. The molecule has 0 radical (unpaired) electrons. The molecule has 1 saturated heterocycles. The second kappa shape index (κ2) is 4.64. The number of benzene rings is 2. The molecule has 0 aliphatic carbocycles. The smallest absolute Gasteiger partial charge is 0.190 e. The molecule has 0 amide bonds. The number of para-hydroxylation sites is 1. The maximum absolute atomic E-state index is 6.43. The van der Waals surface area contributed by atoms with Crippen molar-refractivity contribution in [3.05, 3.63) is 63.6 Å². The number of rotatable bonds is 1. The molecule has 21 heavy (non-hydrogen) atoms. The zero-order chi connectivity index (χ0) is 14.6. The second-order valence-electron chi connectivity index (χ2n) is 5.72. The lowest BCUT2D eigenvalue weighted by Crippen LogP contribution is -2.47. The molecule has 0 aromatic heterocycles. The summed E-state index contributed by atoms with van der Waals surface area (Å²) >= 11 is 12.3. The maximum Gasteiger partial charge on any atom is 0.190 e. The van der Waals surface area contributed by atoms with Crippen LogP contribution in [0.5, 0.6) is 5.75 Å². The highest BCUT2D eigenvalue weighted by Gasteiger charge is 2.52. The van der Waals surface area contributed by atoms with Crippen molar-refractivity contribution in [3.63, 3.8) is 0 Å². The minimum absolute atomic E-state index is 0.393. The Kier molecular flexibility index (Phi) is 2.97. The highest BCUT2D eigenvalue weighted by atomic mass is 35.5. The lowest BCUT2D eigenvalue weighted by atomic mass is 9.99. The quantitative estimate of drug-likeness (QED) is 0.733. The number of fused-ring (bicyclic) bond motifs is 4. The molecule has 2 atom stereocenters. The third-order valence-corrected chi connectivity index (χ3v) is 5.46. The monoisotopic (exact) mass is 319 g/mol. The van der Waals surface area contributed by atoms with Gasteiger partial charge in [-0.05, 0) is 31.7 Å². The normalized spacial score (nSPS) is 27.3. The van der Waals surface area contributed by atoms with Gasteiger partial charge in [-0.3, -0.25) is 4.90 Å². The molecule has 4 heteroatoms. The van der Waals surface area contributed by atoms with Gasteiger partial charge in [0.05, 0.1) is 10.0 Å². The van der Waals surface area contributed by atoms with Crippen LogP contribution in [-0.4, -0.2) is 11.9 Å². The molecule has 4 rings (SSSR count). The molecule has 0 saturated carbocycles. The van der Waals surface area contributed by atoms with Crippen LogP contribution < -0.4 is 4.74 Å². The average Bonchev–Trinajstić information content (AvgIpc) is 2.71. The van der Waals surface area contributed by atoms with Gasteiger partial charge in [0.2, 0.25) is 0 Å². The van der Waals surface area contributed by atoms with Gasteiger partial charge in [-0.2, -0.15) is 0 Å². The Labute approximate surface area is 134 Å². The Morgan fingerprint density at radius 1 is 1.14 bits per heavy atom. The number of halogens is 2. The molecule has 2 unspecified atom stereocenters. The Bertz CT molecular complexity index is 718. The second-order valence-corrected chi connectivity index (χ2v) is 6.53.